The third-order valence-electron chi connectivity index (χ3n) is 3.96. The van der Waals surface area contributed by atoms with E-state index in [1.807, 2.05) is 6.92 Å². The molecule has 1 heterocycles. The number of nitrogens with two attached hydrogens (primary N) is 1. The van der Waals surface area contributed by atoms with Crippen LogP contribution in [0, 0.1) is 12.8 Å². The molecule has 1 aromatic rings. The summed E-state index contributed by atoms with van der Waals surface area (Å²) >= 11 is 0. The van der Waals surface area contributed by atoms with Crippen molar-refractivity contribution in [1.82, 2.24) is 9.97 Å². The Morgan fingerprint density at radius 2 is 2.16 bits per heavy atom. The first-order valence-corrected chi connectivity index (χ1v) is 7.37. The summed E-state index contributed by atoms with van der Waals surface area (Å²) in [6.45, 7) is 7.68. The largest absolute Gasteiger partial charge is 0.371 e. The highest BCUT2D eigenvalue weighted by Crippen LogP contribution is 2.28. The molecule has 0 aromatic carbocycles. The van der Waals surface area contributed by atoms with Crippen molar-refractivity contribution in [2.75, 3.05) is 13.2 Å². The lowest BCUT2D eigenvalue weighted by atomic mass is 9.86. The van der Waals surface area contributed by atoms with E-state index in [0.717, 1.165) is 43.7 Å². The maximum atomic E-state index is 5.79. The average Bonchev–Trinajstić information content (AvgIpc) is 2.44. The van der Waals surface area contributed by atoms with Crippen molar-refractivity contribution >= 4 is 0 Å². The second-order valence-electron chi connectivity index (χ2n) is 5.29. The number of aryl methyl sites for hydroxylation is 2. The van der Waals surface area contributed by atoms with Crippen molar-refractivity contribution in [2.24, 2.45) is 11.7 Å². The second-order valence-corrected chi connectivity index (χ2v) is 5.29. The smallest absolute Gasteiger partial charge is 0.157 e. The summed E-state index contributed by atoms with van der Waals surface area (Å²) < 4.78 is 5.72. The van der Waals surface area contributed by atoms with E-state index in [2.05, 4.69) is 18.8 Å². The third-order valence-corrected chi connectivity index (χ3v) is 3.96. The van der Waals surface area contributed by atoms with Crippen LogP contribution in [0.25, 0.3) is 0 Å². The molecule has 4 heteroatoms. The number of ether oxygens (including phenoxy) is 1. The molecule has 1 aromatic heterocycles. The van der Waals surface area contributed by atoms with Crippen LogP contribution in [0.1, 0.15) is 55.6 Å². The van der Waals surface area contributed by atoms with Gasteiger partial charge < -0.3 is 10.5 Å². The molecule has 0 saturated heterocycles. The predicted octanol–water partition coefficient (Wildman–Crippen LogP) is 2.34. The molecule has 106 valence electrons. The normalized spacial score (nSPS) is 20.1. The quantitative estimate of drug-likeness (QED) is 0.885. The van der Waals surface area contributed by atoms with Gasteiger partial charge in [0, 0.05) is 18.0 Å². The monoisotopic (exact) mass is 263 g/mol. The van der Waals surface area contributed by atoms with Crippen LogP contribution in [0.2, 0.25) is 0 Å². The molecular weight excluding hydrogens is 238 g/mol. The van der Waals surface area contributed by atoms with Gasteiger partial charge in [0.25, 0.3) is 0 Å². The Hall–Kier alpha value is -1.00. The molecule has 0 amide bonds. The Labute approximate surface area is 115 Å². The summed E-state index contributed by atoms with van der Waals surface area (Å²) in [6.07, 6.45) is 4.14. The Kier molecular flexibility index (Phi) is 4.88. The first kappa shape index (κ1) is 14.4. The van der Waals surface area contributed by atoms with Gasteiger partial charge in [-0.05, 0) is 57.6 Å². The van der Waals surface area contributed by atoms with E-state index in [0.29, 0.717) is 12.5 Å². The third kappa shape index (κ3) is 3.12. The Morgan fingerprint density at radius 3 is 2.79 bits per heavy atom. The predicted molar refractivity (Wildman–Crippen MR) is 76.0 cm³/mol. The molecular formula is C15H25N3O. The number of hydrogen-bond acceptors (Lipinski definition) is 4. The second kappa shape index (κ2) is 6.44. The molecule has 2 rings (SSSR count). The lowest BCUT2D eigenvalue weighted by Gasteiger charge is -2.25. The highest BCUT2D eigenvalue weighted by atomic mass is 16.5. The molecule has 1 aliphatic carbocycles. The highest BCUT2D eigenvalue weighted by Gasteiger charge is 2.23. The van der Waals surface area contributed by atoms with E-state index in [4.69, 9.17) is 15.5 Å². The fraction of sp³-hybridized carbons (Fsp3) is 0.733. The van der Waals surface area contributed by atoms with Crippen LogP contribution >= 0.6 is 0 Å². The van der Waals surface area contributed by atoms with Crippen LogP contribution in [0.4, 0.5) is 0 Å². The molecule has 2 atom stereocenters. The van der Waals surface area contributed by atoms with Crippen LogP contribution in [0.5, 0.6) is 0 Å². The van der Waals surface area contributed by atoms with Gasteiger partial charge in [-0.25, -0.2) is 9.97 Å². The van der Waals surface area contributed by atoms with Crippen LogP contribution in [-0.2, 0) is 17.6 Å². The zero-order valence-corrected chi connectivity index (χ0v) is 12.3. The minimum Gasteiger partial charge on any atom is -0.371 e. The van der Waals surface area contributed by atoms with Crippen molar-refractivity contribution in [1.29, 1.82) is 0 Å². The van der Waals surface area contributed by atoms with Crippen molar-refractivity contribution in [3.05, 3.63) is 22.8 Å². The maximum Gasteiger partial charge on any atom is 0.157 e. The number of fused-ring (bicyclic) bond motifs is 1. The first-order chi connectivity index (χ1) is 9.19. The molecule has 0 aliphatic heterocycles. The van der Waals surface area contributed by atoms with Gasteiger partial charge in [0.1, 0.15) is 6.10 Å². The number of rotatable bonds is 5. The van der Waals surface area contributed by atoms with Crippen molar-refractivity contribution in [2.45, 2.75) is 52.6 Å². The van der Waals surface area contributed by atoms with Gasteiger partial charge in [0.05, 0.1) is 0 Å². The SMILES string of the molecule is CCOC(CC)c1nc(C)c2c(n1)CCC(CN)C2. The van der Waals surface area contributed by atoms with Crippen LogP contribution in [0.15, 0.2) is 0 Å². The summed E-state index contributed by atoms with van der Waals surface area (Å²) in [6, 6.07) is 0. The molecule has 2 N–H and O–H groups in total. The Bertz CT molecular complexity index is 434. The lowest BCUT2D eigenvalue weighted by Crippen LogP contribution is -2.25. The van der Waals surface area contributed by atoms with Gasteiger partial charge in [-0.1, -0.05) is 6.92 Å². The number of nitrogens with zero attached hydrogens (tertiary/aromatic N) is 2. The maximum absolute atomic E-state index is 5.79. The Balaban J connectivity index is 2.29. The van der Waals surface area contributed by atoms with E-state index in [1.54, 1.807) is 0 Å². The molecule has 1 aliphatic rings. The zero-order valence-electron chi connectivity index (χ0n) is 12.3. The van der Waals surface area contributed by atoms with E-state index in [9.17, 15) is 0 Å². The number of aromatic nitrogens is 2. The van der Waals surface area contributed by atoms with Crippen molar-refractivity contribution < 1.29 is 4.74 Å². The molecule has 0 saturated carbocycles. The summed E-state index contributed by atoms with van der Waals surface area (Å²) in [5, 5.41) is 0. The molecule has 0 bridgehead atoms. The van der Waals surface area contributed by atoms with Crippen molar-refractivity contribution in [3.63, 3.8) is 0 Å². The average molecular weight is 263 g/mol. The highest BCUT2D eigenvalue weighted by molar-refractivity contribution is 5.28. The molecule has 0 radical (unpaired) electrons. The molecule has 0 fully saturated rings. The Morgan fingerprint density at radius 1 is 1.37 bits per heavy atom. The summed E-state index contributed by atoms with van der Waals surface area (Å²) in [5.41, 5.74) is 9.43. The minimum absolute atomic E-state index is 0.0289. The summed E-state index contributed by atoms with van der Waals surface area (Å²) in [4.78, 5) is 9.42. The van der Waals surface area contributed by atoms with Crippen molar-refractivity contribution in [3.8, 4) is 0 Å². The fourth-order valence-electron chi connectivity index (χ4n) is 2.80. The fourth-order valence-corrected chi connectivity index (χ4v) is 2.80. The minimum atomic E-state index is 0.0289. The van der Waals surface area contributed by atoms with E-state index < -0.39 is 0 Å². The van der Waals surface area contributed by atoms with Gasteiger partial charge in [-0.2, -0.15) is 0 Å². The summed E-state index contributed by atoms with van der Waals surface area (Å²) in [7, 11) is 0. The van der Waals surface area contributed by atoms with E-state index in [-0.39, 0.29) is 6.10 Å². The molecule has 4 nitrogen and oxygen atoms in total. The molecule has 2 unspecified atom stereocenters. The van der Waals surface area contributed by atoms with E-state index >= 15 is 0 Å². The molecule has 19 heavy (non-hydrogen) atoms. The van der Waals surface area contributed by atoms with Gasteiger partial charge in [-0.15, -0.1) is 0 Å². The van der Waals surface area contributed by atoms with E-state index in [1.165, 1.54) is 11.3 Å². The standard InChI is InChI=1S/C15H25N3O/c1-4-14(19-5-2)15-17-10(3)12-8-11(9-16)6-7-13(12)18-15/h11,14H,4-9,16H2,1-3H3. The van der Waals surface area contributed by atoms with Crippen LogP contribution in [0.3, 0.4) is 0 Å². The number of hydrogen-bond donors (Lipinski definition) is 1. The van der Waals surface area contributed by atoms with Crippen LogP contribution < -0.4 is 5.73 Å². The first-order valence-electron chi connectivity index (χ1n) is 7.37. The van der Waals surface area contributed by atoms with Crippen LogP contribution in [-0.4, -0.2) is 23.1 Å². The molecule has 0 spiro atoms. The van der Waals surface area contributed by atoms with Gasteiger partial charge in [-0.3, -0.25) is 0 Å². The lowest BCUT2D eigenvalue weighted by molar-refractivity contribution is 0.0531. The van der Waals surface area contributed by atoms with Gasteiger partial charge in [0.2, 0.25) is 0 Å². The van der Waals surface area contributed by atoms with Gasteiger partial charge >= 0.3 is 0 Å². The topological polar surface area (TPSA) is 61.0 Å². The van der Waals surface area contributed by atoms with Gasteiger partial charge in [0.15, 0.2) is 5.82 Å². The summed E-state index contributed by atoms with van der Waals surface area (Å²) in [5.74, 6) is 1.45. The zero-order chi connectivity index (χ0) is 13.8.